The molecule has 96 valence electrons. The SMILES string of the molecule is CC(C)CCCCS(=O)(=O)c1ccc(I)cc1. The molecule has 0 N–H and O–H groups in total. The van der Waals surface area contributed by atoms with Crippen LogP contribution < -0.4 is 0 Å². The minimum absolute atomic E-state index is 0.264. The van der Waals surface area contributed by atoms with E-state index in [0.29, 0.717) is 10.8 Å². The third-order valence-electron chi connectivity index (χ3n) is 2.62. The molecular weight excluding hydrogens is 347 g/mol. The van der Waals surface area contributed by atoms with Crippen LogP contribution in [0.2, 0.25) is 0 Å². The molecule has 0 aliphatic heterocycles. The van der Waals surface area contributed by atoms with Crippen LogP contribution in [0.4, 0.5) is 0 Å². The van der Waals surface area contributed by atoms with Crippen molar-refractivity contribution in [2.75, 3.05) is 5.75 Å². The largest absolute Gasteiger partial charge is 0.224 e. The number of unbranched alkanes of at least 4 members (excludes halogenated alkanes) is 1. The van der Waals surface area contributed by atoms with Crippen molar-refractivity contribution in [3.63, 3.8) is 0 Å². The summed E-state index contributed by atoms with van der Waals surface area (Å²) in [6, 6.07) is 7.06. The van der Waals surface area contributed by atoms with E-state index in [1.807, 2.05) is 12.1 Å². The summed E-state index contributed by atoms with van der Waals surface area (Å²) < 4.78 is 25.0. The highest BCUT2D eigenvalue weighted by Gasteiger charge is 2.13. The zero-order valence-corrected chi connectivity index (χ0v) is 13.3. The van der Waals surface area contributed by atoms with Crippen molar-refractivity contribution in [3.05, 3.63) is 27.8 Å². The Morgan fingerprint density at radius 2 is 1.71 bits per heavy atom. The van der Waals surface area contributed by atoms with Gasteiger partial charge in [-0.1, -0.05) is 26.7 Å². The second kappa shape index (κ2) is 6.73. The van der Waals surface area contributed by atoms with Gasteiger partial charge in [0, 0.05) is 3.57 Å². The Morgan fingerprint density at radius 3 is 2.24 bits per heavy atom. The fourth-order valence-electron chi connectivity index (χ4n) is 1.60. The van der Waals surface area contributed by atoms with Gasteiger partial charge >= 0.3 is 0 Å². The molecule has 0 aliphatic rings. The summed E-state index contributed by atoms with van der Waals surface area (Å²) in [5.41, 5.74) is 0. The summed E-state index contributed by atoms with van der Waals surface area (Å²) in [4.78, 5) is 0.447. The second-order valence-electron chi connectivity index (χ2n) is 4.66. The first-order chi connectivity index (χ1) is 7.92. The van der Waals surface area contributed by atoms with Crippen LogP contribution in [-0.2, 0) is 9.84 Å². The van der Waals surface area contributed by atoms with Crippen molar-refractivity contribution in [2.45, 2.75) is 38.0 Å². The van der Waals surface area contributed by atoms with E-state index in [1.54, 1.807) is 12.1 Å². The molecule has 17 heavy (non-hydrogen) atoms. The maximum Gasteiger partial charge on any atom is 0.178 e. The Bertz CT molecular complexity index is 435. The van der Waals surface area contributed by atoms with Crippen molar-refractivity contribution in [1.29, 1.82) is 0 Å². The van der Waals surface area contributed by atoms with Gasteiger partial charge in [0.1, 0.15) is 0 Å². The number of halogens is 1. The van der Waals surface area contributed by atoms with E-state index >= 15 is 0 Å². The zero-order valence-electron chi connectivity index (χ0n) is 10.3. The van der Waals surface area contributed by atoms with E-state index in [1.165, 1.54) is 0 Å². The fourth-order valence-corrected chi connectivity index (χ4v) is 3.33. The van der Waals surface area contributed by atoms with Crippen molar-refractivity contribution in [3.8, 4) is 0 Å². The van der Waals surface area contributed by atoms with Crippen molar-refractivity contribution in [1.82, 2.24) is 0 Å². The van der Waals surface area contributed by atoms with Gasteiger partial charge in [0.25, 0.3) is 0 Å². The Labute approximate surface area is 118 Å². The lowest BCUT2D eigenvalue weighted by atomic mass is 10.1. The number of rotatable bonds is 6. The molecule has 1 aromatic rings. The van der Waals surface area contributed by atoms with Gasteiger partial charge in [-0.25, -0.2) is 8.42 Å². The maximum atomic E-state index is 12.0. The summed E-state index contributed by atoms with van der Waals surface area (Å²) in [5.74, 6) is 0.913. The minimum atomic E-state index is -3.08. The molecular formula is C13H19IO2S. The van der Waals surface area contributed by atoms with Gasteiger partial charge in [-0.2, -0.15) is 0 Å². The van der Waals surface area contributed by atoms with Crippen LogP contribution in [0, 0.1) is 9.49 Å². The lowest BCUT2D eigenvalue weighted by Gasteiger charge is -2.06. The van der Waals surface area contributed by atoms with Crippen LogP contribution in [0.1, 0.15) is 33.1 Å². The molecule has 0 heterocycles. The first kappa shape index (κ1) is 15.0. The Hall–Kier alpha value is -0.100. The van der Waals surface area contributed by atoms with Gasteiger partial charge in [-0.15, -0.1) is 0 Å². The van der Waals surface area contributed by atoms with Gasteiger partial charge in [0.15, 0.2) is 9.84 Å². The molecule has 0 saturated carbocycles. The van der Waals surface area contributed by atoms with E-state index in [4.69, 9.17) is 0 Å². The summed E-state index contributed by atoms with van der Waals surface area (Å²) >= 11 is 2.17. The number of sulfone groups is 1. The maximum absolute atomic E-state index is 12.0. The standard InChI is InChI=1S/C13H19IO2S/c1-11(2)5-3-4-10-17(15,16)13-8-6-12(14)7-9-13/h6-9,11H,3-5,10H2,1-2H3. The molecule has 0 amide bonds. The summed E-state index contributed by atoms with van der Waals surface area (Å²) in [5, 5.41) is 0. The lowest BCUT2D eigenvalue weighted by molar-refractivity contribution is 0.543. The predicted octanol–water partition coefficient (Wildman–Crippen LogP) is 3.89. The van der Waals surface area contributed by atoms with Crippen molar-refractivity contribution < 1.29 is 8.42 Å². The average molecular weight is 366 g/mol. The number of hydrogen-bond donors (Lipinski definition) is 0. The fraction of sp³-hybridized carbons (Fsp3) is 0.538. The molecule has 0 bridgehead atoms. The van der Waals surface area contributed by atoms with E-state index in [9.17, 15) is 8.42 Å². The Kier molecular flexibility index (Phi) is 5.92. The second-order valence-corrected chi connectivity index (χ2v) is 8.02. The average Bonchev–Trinajstić information content (AvgIpc) is 2.25. The smallest absolute Gasteiger partial charge is 0.178 e. The molecule has 0 unspecified atom stereocenters. The molecule has 0 saturated heterocycles. The van der Waals surface area contributed by atoms with E-state index in [-0.39, 0.29) is 5.75 Å². The van der Waals surface area contributed by atoms with E-state index < -0.39 is 9.84 Å². The highest BCUT2D eigenvalue weighted by atomic mass is 127. The quantitative estimate of drug-likeness (QED) is 0.566. The third kappa shape index (κ3) is 5.38. The molecule has 0 radical (unpaired) electrons. The van der Waals surface area contributed by atoms with Crippen LogP contribution in [-0.4, -0.2) is 14.2 Å². The highest BCUT2D eigenvalue weighted by Crippen LogP contribution is 2.16. The Morgan fingerprint density at radius 1 is 1.12 bits per heavy atom. The summed E-state index contributed by atoms with van der Waals surface area (Å²) in [7, 11) is -3.08. The molecule has 1 rings (SSSR count). The molecule has 0 fully saturated rings. The monoisotopic (exact) mass is 366 g/mol. The summed E-state index contributed by atoms with van der Waals surface area (Å²) in [6.07, 6.45) is 2.84. The van der Waals surface area contributed by atoms with Gasteiger partial charge in [0.2, 0.25) is 0 Å². The topological polar surface area (TPSA) is 34.1 Å². The van der Waals surface area contributed by atoms with Gasteiger partial charge < -0.3 is 0 Å². The molecule has 0 spiro atoms. The van der Waals surface area contributed by atoms with Crippen LogP contribution in [0.15, 0.2) is 29.2 Å². The first-order valence-electron chi connectivity index (χ1n) is 5.90. The zero-order chi connectivity index (χ0) is 12.9. The van der Waals surface area contributed by atoms with Crippen LogP contribution in [0.3, 0.4) is 0 Å². The van der Waals surface area contributed by atoms with E-state index in [0.717, 1.165) is 22.8 Å². The van der Waals surface area contributed by atoms with E-state index in [2.05, 4.69) is 36.4 Å². The molecule has 0 aromatic heterocycles. The Balaban J connectivity index is 2.54. The first-order valence-corrected chi connectivity index (χ1v) is 8.63. The summed E-state index contributed by atoms with van der Waals surface area (Å²) in [6.45, 7) is 4.32. The van der Waals surface area contributed by atoms with Crippen LogP contribution in [0.25, 0.3) is 0 Å². The molecule has 2 nitrogen and oxygen atoms in total. The minimum Gasteiger partial charge on any atom is -0.224 e. The molecule has 4 heteroatoms. The van der Waals surface area contributed by atoms with Crippen molar-refractivity contribution >= 4 is 32.4 Å². The van der Waals surface area contributed by atoms with Gasteiger partial charge in [0.05, 0.1) is 10.6 Å². The lowest BCUT2D eigenvalue weighted by Crippen LogP contribution is -2.07. The van der Waals surface area contributed by atoms with Crippen molar-refractivity contribution in [2.24, 2.45) is 5.92 Å². The normalized spacial score (nSPS) is 12.0. The van der Waals surface area contributed by atoms with Crippen LogP contribution >= 0.6 is 22.6 Å². The number of benzene rings is 1. The van der Waals surface area contributed by atoms with Crippen LogP contribution in [0.5, 0.6) is 0 Å². The van der Waals surface area contributed by atoms with Gasteiger partial charge in [-0.05, 0) is 59.2 Å². The highest BCUT2D eigenvalue weighted by molar-refractivity contribution is 14.1. The molecule has 1 aromatic carbocycles. The molecule has 0 aliphatic carbocycles. The predicted molar refractivity (Wildman–Crippen MR) is 79.9 cm³/mol. The third-order valence-corrected chi connectivity index (χ3v) is 5.15. The molecule has 0 atom stereocenters. The van der Waals surface area contributed by atoms with Gasteiger partial charge in [-0.3, -0.25) is 0 Å². The number of hydrogen-bond acceptors (Lipinski definition) is 2.